The van der Waals surface area contributed by atoms with Crippen LogP contribution < -0.4 is 5.73 Å². The third-order valence-electron chi connectivity index (χ3n) is 3.51. The van der Waals surface area contributed by atoms with Crippen LogP contribution in [0.1, 0.15) is 6.42 Å². The maximum Gasteiger partial charge on any atom is 0.0829 e. The number of likely N-dealkylation sites (N-methyl/N-ethyl adjacent to an activating group) is 1. The van der Waals surface area contributed by atoms with Crippen molar-refractivity contribution in [3.63, 3.8) is 0 Å². The van der Waals surface area contributed by atoms with Gasteiger partial charge in [0.15, 0.2) is 0 Å². The van der Waals surface area contributed by atoms with Gasteiger partial charge in [-0.05, 0) is 32.5 Å². The fourth-order valence-electron chi connectivity index (χ4n) is 2.54. The fourth-order valence-corrected chi connectivity index (χ4v) is 2.54. The van der Waals surface area contributed by atoms with E-state index in [0.717, 1.165) is 32.8 Å². The lowest BCUT2D eigenvalue weighted by Gasteiger charge is -2.32. The molecule has 0 amide bonds. The van der Waals surface area contributed by atoms with Crippen molar-refractivity contribution < 1.29 is 4.74 Å². The van der Waals surface area contributed by atoms with Gasteiger partial charge in [-0.1, -0.05) is 0 Å². The molecule has 2 saturated heterocycles. The van der Waals surface area contributed by atoms with E-state index in [9.17, 15) is 0 Å². The lowest BCUT2D eigenvalue weighted by Crippen LogP contribution is -2.45. The van der Waals surface area contributed by atoms with Gasteiger partial charge in [0.1, 0.15) is 0 Å². The van der Waals surface area contributed by atoms with Gasteiger partial charge in [-0.15, -0.1) is 0 Å². The molecule has 2 unspecified atom stereocenters. The highest BCUT2D eigenvalue weighted by molar-refractivity contribution is 4.80. The normalized spacial score (nSPS) is 34.8. The molecule has 0 bridgehead atoms. The fraction of sp³-hybridized carbons (Fsp3) is 1.00. The quantitative estimate of drug-likeness (QED) is 0.692. The number of morpholine rings is 1. The number of likely N-dealkylation sites (tertiary alicyclic amines) is 1. The lowest BCUT2D eigenvalue weighted by atomic mass is 10.1. The van der Waals surface area contributed by atoms with Crippen molar-refractivity contribution in [2.75, 3.05) is 52.9 Å². The molecule has 0 spiro atoms. The molecule has 2 heterocycles. The molecule has 2 aliphatic rings. The molecule has 2 aliphatic heterocycles. The average Bonchev–Trinajstić information content (AvgIpc) is 2.65. The maximum absolute atomic E-state index is 5.76. The molecule has 0 aromatic carbocycles. The number of hydrogen-bond acceptors (Lipinski definition) is 4. The minimum absolute atomic E-state index is 0.403. The van der Waals surface area contributed by atoms with E-state index < -0.39 is 0 Å². The zero-order valence-electron chi connectivity index (χ0n) is 9.69. The summed E-state index contributed by atoms with van der Waals surface area (Å²) in [4.78, 5) is 4.85. The second kappa shape index (κ2) is 5.25. The Morgan fingerprint density at radius 2 is 2.20 bits per heavy atom. The highest BCUT2D eigenvalue weighted by Crippen LogP contribution is 2.16. The van der Waals surface area contributed by atoms with Gasteiger partial charge in [-0.2, -0.15) is 0 Å². The van der Waals surface area contributed by atoms with Crippen LogP contribution in [0, 0.1) is 5.92 Å². The third kappa shape index (κ3) is 3.14. The highest BCUT2D eigenvalue weighted by atomic mass is 16.5. The van der Waals surface area contributed by atoms with Crippen molar-refractivity contribution in [2.45, 2.75) is 12.5 Å². The van der Waals surface area contributed by atoms with Gasteiger partial charge >= 0.3 is 0 Å². The van der Waals surface area contributed by atoms with Crippen molar-refractivity contribution >= 4 is 0 Å². The van der Waals surface area contributed by atoms with Crippen LogP contribution in [0.25, 0.3) is 0 Å². The van der Waals surface area contributed by atoms with Crippen LogP contribution in [0.5, 0.6) is 0 Å². The Kier molecular flexibility index (Phi) is 3.97. The van der Waals surface area contributed by atoms with Crippen LogP contribution in [0.2, 0.25) is 0 Å². The molecule has 2 atom stereocenters. The van der Waals surface area contributed by atoms with Gasteiger partial charge in [0, 0.05) is 26.2 Å². The van der Waals surface area contributed by atoms with Gasteiger partial charge in [-0.25, -0.2) is 0 Å². The zero-order chi connectivity index (χ0) is 10.7. The first-order valence-electron chi connectivity index (χ1n) is 6.00. The summed E-state index contributed by atoms with van der Waals surface area (Å²) in [6, 6.07) is 0. The molecule has 15 heavy (non-hydrogen) atoms. The van der Waals surface area contributed by atoms with Crippen LogP contribution in [-0.4, -0.2) is 68.8 Å². The molecule has 0 aromatic rings. The minimum atomic E-state index is 0.403. The Labute approximate surface area is 92.4 Å². The van der Waals surface area contributed by atoms with Crippen LogP contribution in [0.3, 0.4) is 0 Å². The predicted molar refractivity (Wildman–Crippen MR) is 60.8 cm³/mol. The van der Waals surface area contributed by atoms with E-state index in [1.54, 1.807) is 0 Å². The molecule has 0 saturated carbocycles. The molecule has 4 heteroatoms. The van der Waals surface area contributed by atoms with Crippen LogP contribution >= 0.6 is 0 Å². The Bertz CT molecular complexity index is 200. The van der Waals surface area contributed by atoms with Crippen molar-refractivity contribution in [3.05, 3.63) is 0 Å². The van der Waals surface area contributed by atoms with Gasteiger partial charge in [0.05, 0.1) is 12.7 Å². The molecule has 2 N–H and O–H groups in total. The first-order valence-corrected chi connectivity index (χ1v) is 6.00. The molecular formula is C11H23N3O. The molecule has 0 radical (unpaired) electrons. The minimum Gasteiger partial charge on any atom is -0.374 e. The summed E-state index contributed by atoms with van der Waals surface area (Å²) in [5, 5.41) is 0. The van der Waals surface area contributed by atoms with E-state index in [0.29, 0.717) is 12.0 Å². The van der Waals surface area contributed by atoms with E-state index >= 15 is 0 Å². The zero-order valence-corrected chi connectivity index (χ0v) is 9.69. The van der Waals surface area contributed by atoms with Crippen LogP contribution in [0.4, 0.5) is 0 Å². The summed E-state index contributed by atoms with van der Waals surface area (Å²) in [5.41, 5.74) is 5.69. The molecule has 0 aliphatic carbocycles. The summed E-state index contributed by atoms with van der Waals surface area (Å²) in [6.45, 7) is 7.31. The molecule has 2 rings (SSSR count). The molecule has 2 fully saturated rings. The summed E-state index contributed by atoms with van der Waals surface area (Å²) < 4.78 is 5.76. The Hall–Kier alpha value is -0.160. The molecule has 0 aromatic heterocycles. The third-order valence-corrected chi connectivity index (χ3v) is 3.51. The Balaban J connectivity index is 1.72. The lowest BCUT2D eigenvalue weighted by molar-refractivity contribution is -0.0331. The second-order valence-electron chi connectivity index (χ2n) is 4.91. The molecule has 4 nitrogen and oxygen atoms in total. The number of ether oxygens (including phenoxy) is 1. The van der Waals surface area contributed by atoms with Gasteiger partial charge < -0.3 is 20.3 Å². The Morgan fingerprint density at radius 3 is 2.87 bits per heavy atom. The highest BCUT2D eigenvalue weighted by Gasteiger charge is 2.25. The first-order chi connectivity index (χ1) is 7.28. The second-order valence-corrected chi connectivity index (χ2v) is 4.91. The van der Waals surface area contributed by atoms with E-state index in [1.807, 2.05) is 0 Å². The van der Waals surface area contributed by atoms with Gasteiger partial charge in [-0.3, -0.25) is 0 Å². The topological polar surface area (TPSA) is 41.7 Å². The monoisotopic (exact) mass is 213 g/mol. The molecule has 88 valence electrons. The Morgan fingerprint density at radius 1 is 1.33 bits per heavy atom. The largest absolute Gasteiger partial charge is 0.374 e. The van der Waals surface area contributed by atoms with Crippen LogP contribution in [0.15, 0.2) is 0 Å². The van der Waals surface area contributed by atoms with Crippen molar-refractivity contribution in [2.24, 2.45) is 11.7 Å². The first kappa shape index (κ1) is 11.3. The van der Waals surface area contributed by atoms with Crippen LogP contribution in [-0.2, 0) is 4.74 Å². The van der Waals surface area contributed by atoms with E-state index in [2.05, 4.69) is 16.8 Å². The summed E-state index contributed by atoms with van der Waals surface area (Å²) >= 11 is 0. The number of rotatable bonds is 3. The van der Waals surface area contributed by atoms with E-state index in [-0.39, 0.29) is 0 Å². The number of hydrogen-bond donors (Lipinski definition) is 1. The van der Waals surface area contributed by atoms with E-state index in [1.165, 1.54) is 19.5 Å². The SMILES string of the molecule is CN1CCOC(CN2CCC(CN)C2)C1. The van der Waals surface area contributed by atoms with E-state index in [4.69, 9.17) is 10.5 Å². The number of nitrogens with two attached hydrogens (primary N) is 1. The maximum atomic E-state index is 5.76. The average molecular weight is 213 g/mol. The van der Waals surface area contributed by atoms with Crippen molar-refractivity contribution in [3.8, 4) is 0 Å². The predicted octanol–water partition coefficient (Wildman–Crippen LogP) is -0.402. The summed E-state index contributed by atoms with van der Waals surface area (Å²) in [5.74, 6) is 0.714. The van der Waals surface area contributed by atoms with Crippen molar-refractivity contribution in [1.82, 2.24) is 9.80 Å². The smallest absolute Gasteiger partial charge is 0.0829 e. The molecular weight excluding hydrogens is 190 g/mol. The number of nitrogens with zero attached hydrogens (tertiary/aromatic N) is 2. The van der Waals surface area contributed by atoms with Crippen molar-refractivity contribution in [1.29, 1.82) is 0 Å². The van der Waals surface area contributed by atoms with Gasteiger partial charge in [0.25, 0.3) is 0 Å². The van der Waals surface area contributed by atoms with Gasteiger partial charge in [0.2, 0.25) is 0 Å². The summed E-state index contributed by atoms with van der Waals surface area (Å²) in [6.07, 6.45) is 1.67. The standard InChI is InChI=1S/C11H23N3O/c1-13-4-5-15-11(8-13)9-14-3-2-10(6-12)7-14/h10-11H,2-9,12H2,1H3. The summed E-state index contributed by atoms with van der Waals surface area (Å²) in [7, 11) is 2.17.